The maximum Gasteiger partial charge on any atom is 0.365 e. The molecule has 0 saturated carbocycles. The summed E-state index contributed by atoms with van der Waals surface area (Å²) in [7, 11) is 0. The summed E-state index contributed by atoms with van der Waals surface area (Å²) in [4.78, 5) is 0. The second-order valence-corrected chi connectivity index (χ2v) is 11.4. The van der Waals surface area contributed by atoms with Gasteiger partial charge in [0.25, 0.3) is 0 Å². The topological polar surface area (TPSA) is 47.1 Å². The lowest BCUT2D eigenvalue weighted by Crippen LogP contribution is -2.88. The molecule has 6 rings (SSSR count). The van der Waals surface area contributed by atoms with Crippen LogP contribution in [0.1, 0.15) is 12.8 Å². The van der Waals surface area contributed by atoms with E-state index in [9.17, 15) is 0 Å². The van der Waals surface area contributed by atoms with Gasteiger partial charge in [0.05, 0.1) is 19.1 Å². The predicted molar refractivity (Wildman–Crippen MR) is 130 cm³/mol. The van der Waals surface area contributed by atoms with Crippen LogP contribution in [-0.4, -0.2) is 19.1 Å². The molecule has 4 aromatic carbocycles. The van der Waals surface area contributed by atoms with Gasteiger partial charge in [-0.1, -0.05) is 60.7 Å². The first-order valence-corrected chi connectivity index (χ1v) is 13.5. The van der Waals surface area contributed by atoms with Gasteiger partial charge in [-0.3, -0.25) is 0 Å². The summed E-state index contributed by atoms with van der Waals surface area (Å²) in [6, 6.07) is 25.7. The van der Waals surface area contributed by atoms with Gasteiger partial charge in [-0.05, 0) is 33.7 Å². The number of hydrogen-bond acceptors (Lipinski definition) is 3. The molecule has 0 radical (unpaired) electrons. The van der Waals surface area contributed by atoms with Crippen LogP contribution in [0, 0.1) is 0 Å². The Morgan fingerprint density at radius 3 is 1.97 bits per heavy atom. The number of rotatable bonds is 3. The lowest BCUT2D eigenvalue weighted by molar-refractivity contribution is -0.667. The highest BCUT2D eigenvalue weighted by molar-refractivity contribution is 8.09. The zero-order valence-electron chi connectivity index (χ0n) is 17.1. The largest absolute Gasteiger partial charge is 0.424 e. The molecule has 1 unspecified atom stereocenters. The summed E-state index contributed by atoms with van der Waals surface area (Å²) in [5, 5.41) is 10.5. The second-order valence-electron chi connectivity index (χ2n) is 8.29. The minimum Gasteiger partial charge on any atom is -0.424 e. The van der Waals surface area contributed by atoms with E-state index in [1.165, 1.54) is 30.2 Å². The molecule has 2 aliphatic rings. The van der Waals surface area contributed by atoms with Crippen LogP contribution < -0.4 is 19.5 Å². The molecule has 0 aromatic heterocycles. The standard InChI is InChI=1S/C25H23N2O2PS/c31-30(27-16-19-8-5-15-26-19)28-22-13-11-17-6-1-3-9-20(17)24(22)25-21-10-4-2-7-18(21)12-14-23(25)29-30/h1-4,6-7,9-14,19,26H,5,8,15-16H2,(H,27,31)/p+1. The van der Waals surface area contributed by atoms with Gasteiger partial charge in [-0.2, -0.15) is 0 Å². The fourth-order valence-corrected chi connectivity index (χ4v) is 6.93. The molecule has 6 heteroatoms. The van der Waals surface area contributed by atoms with Gasteiger partial charge in [-0.25, -0.2) is 5.09 Å². The van der Waals surface area contributed by atoms with E-state index in [-0.39, 0.29) is 0 Å². The molecule has 1 saturated heterocycles. The van der Waals surface area contributed by atoms with Gasteiger partial charge in [-0.15, -0.1) is 0 Å². The van der Waals surface area contributed by atoms with Crippen molar-refractivity contribution in [2.24, 2.45) is 0 Å². The Hall–Kier alpha value is -2.43. The number of hydrogen-bond donors (Lipinski definition) is 2. The van der Waals surface area contributed by atoms with E-state index in [0.717, 1.165) is 39.9 Å². The van der Waals surface area contributed by atoms with E-state index in [4.69, 9.17) is 20.9 Å². The summed E-state index contributed by atoms with van der Waals surface area (Å²) in [5.74, 6) is 1.58. The van der Waals surface area contributed by atoms with E-state index in [1.807, 2.05) is 12.1 Å². The summed E-state index contributed by atoms with van der Waals surface area (Å²) in [6.07, 6.45) is 2.45. The molecule has 1 fully saturated rings. The monoisotopic (exact) mass is 447 g/mol. The molecule has 0 spiro atoms. The highest BCUT2D eigenvalue weighted by Crippen LogP contribution is 2.56. The maximum absolute atomic E-state index is 6.52. The average Bonchev–Trinajstić information content (AvgIpc) is 3.27. The smallest absolute Gasteiger partial charge is 0.365 e. The highest BCUT2D eigenvalue weighted by Gasteiger charge is 2.33. The fourth-order valence-electron chi connectivity index (χ4n) is 4.78. The van der Waals surface area contributed by atoms with Gasteiger partial charge in [0.15, 0.2) is 0 Å². The average molecular weight is 448 g/mol. The maximum atomic E-state index is 6.52. The van der Waals surface area contributed by atoms with Crippen LogP contribution >= 0.6 is 6.64 Å². The summed E-state index contributed by atoms with van der Waals surface area (Å²) in [6.45, 7) is -0.791. The number of nitrogens with two attached hydrogens (primary N) is 1. The Morgan fingerprint density at radius 1 is 0.839 bits per heavy atom. The summed E-state index contributed by atoms with van der Waals surface area (Å²) in [5.41, 5.74) is 2.12. The van der Waals surface area contributed by atoms with E-state index < -0.39 is 6.64 Å². The number of nitrogens with one attached hydrogen (secondary N) is 1. The van der Waals surface area contributed by atoms with E-state index >= 15 is 0 Å². The predicted octanol–water partition coefficient (Wildman–Crippen LogP) is 4.97. The molecule has 2 aliphatic heterocycles. The van der Waals surface area contributed by atoms with Crippen LogP contribution in [0.25, 0.3) is 32.7 Å². The van der Waals surface area contributed by atoms with Crippen molar-refractivity contribution in [2.45, 2.75) is 18.9 Å². The Kier molecular flexibility index (Phi) is 4.73. The summed E-state index contributed by atoms with van der Waals surface area (Å²) < 4.78 is 13.0. The Morgan fingerprint density at radius 2 is 1.42 bits per heavy atom. The summed E-state index contributed by atoms with van der Waals surface area (Å²) >= 11 is 6.01. The molecule has 1 atom stereocenters. The third-order valence-corrected chi connectivity index (χ3v) is 8.57. The molecule has 4 nitrogen and oxygen atoms in total. The number of benzene rings is 4. The van der Waals surface area contributed by atoms with Crippen molar-refractivity contribution in [3.05, 3.63) is 72.8 Å². The lowest BCUT2D eigenvalue weighted by atomic mass is 9.92. The first kappa shape index (κ1) is 19.3. The Balaban J connectivity index is 1.57. The van der Waals surface area contributed by atoms with Crippen molar-refractivity contribution in [2.75, 3.05) is 13.1 Å². The van der Waals surface area contributed by atoms with Gasteiger partial charge in [0.2, 0.25) is 0 Å². The van der Waals surface area contributed by atoms with Gasteiger partial charge < -0.3 is 14.4 Å². The molecule has 156 valence electrons. The van der Waals surface area contributed by atoms with Gasteiger partial charge in [0.1, 0.15) is 11.5 Å². The molecule has 0 bridgehead atoms. The third kappa shape index (κ3) is 3.42. The highest BCUT2D eigenvalue weighted by atomic mass is 32.5. The molecule has 0 aliphatic carbocycles. The number of fused-ring (bicyclic) bond motifs is 7. The Bertz CT molecular complexity index is 1260. The molecule has 0 amide bonds. The van der Waals surface area contributed by atoms with E-state index in [1.54, 1.807) is 0 Å². The SMILES string of the molecule is S=P1(NCC2CCC[NH2+]2)Oc2ccc3ccccc3c2-c2c(ccc3ccccc23)O1. The van der Waals surface area contributed by atoms with Crippen LogP contribution in [0.4, 0.5) is 0 Å². The van der Waals surface area contributed by atoms with Crippen LogP contribution in [0.15, 0.2) is 72.8 Å². The van der Waals surface area contributed by atoms with Crippen molar-refractivity contribution in [1.82, 2.24) is 5.09 Å². The van der Waals surface area contributed by atoms with Crippen LogP contribution in [-0.2, 0) is 11.8 Å². The molecule has 4 aromatic rings. The van der Waals surface area contributed by atoms with Crippen molar-refractivity contribution in [1.29, 1.82) is 0 Å². The molecular weight excluding hydrogens is 423 g/mol. The molecule has 31 heavy (non-hydrogen) atoms. The lowest BCUT2D eigenvalue weighted by Gasteiger charge is -2.23. The first-order chi connectivity index (χ1) is 15.2. The van der Waals surface area contributed by atoms with Gasteiger partial charge >= 0.3 is 6.64 Å². The zero-order chi connectivity index (χ0) is 20.8. The second kappa shape index (κ2) is 7.61. The van der Waals surface area contributed by atoms with Gasteiger partial charge in [0, 0.05) is 35.8 Å². The Labute approximate surface area is 186 Å². The number of quaternary nitrogens is 1. The molecule has 2 heterocycles. The fraction of sp³-hybridized carbons (Fsp3) is 0.200. The van der Waals surface area contributed by atoms with E-state index in [0.29, 0.717) is 6.04 Å². The van der Waals surface area contributed by atoms with Crippen molar-refractivity contribution in [3.8, 4) is 22.6 Å². The molecular formula is C25H24N2O2PS+. The quantitative estimate of drug-likeness (QED) is 0.436. The minimum absolute atomic E-state index is 0.530. The van der Waals surface area contributed by atoms with Crippen molar-refractivity contribution >= 4 is 40.0 Å². The third-order valence-electron chi connectivity index (χ3n) is 6.29. The zero-order valence-corrected chi connectivity index (χ0v) is 18.8. The van der Waals surface area contributed by atoms with Crippen molar-refractivity contribution in [3.63, 3.8) is 0 Å². The first-order valence-electron chi connectivity index (χ1n) is 10.8. The minimum atomic E-state index is -2.77. The molecule has 3 N–H and O–H groups in total. The van der Waals surface area contributed by atoms with Crippen molar-refractivity contribution < 1.29 is 14.4 Å². The van der Waals surface area contributed by atoms with Crippen LogP contribution in [0.5, 0.6) is 11.5 Å². The normalized spacial score (nSPS) is 19.3. The van der Waals surface area contributed by atoms with Crippen LogP contribution in [0.3, 0.4) is 0 Å². The van der Waals surface area contributed by atoms with Crippen LogP contribution in [0.2, 0.25) is 0 Å². The van der Waals surface area contributed by atoms with E-state index in [2.05, 4.69) is 71.1 Å².